The van der Waals surface area contributed by atoms with Crippen molar-refractivity contribution in [2.75, 3.05) is 5.32 Å². The predicted molar refractivity (Wildman–Crippen MR) is 70.0 cm³/mol. The maximum absolute atomic E-state index is 11.9. The average molecular weight is 294 g/mol. The minimum Gasteiger partial charge on any atom is -0.305 e. The Morgan fingerprint density at radius 1 is 1.35 bits per heavy atom. The number of anilines is 1. The van der Waals surface area contributed by atoms with Gasteiger partial charge in [-0.25, -0.2) is 0 Å². The minimum absolute atomic E-state index is 0.153. The molecule has 2 rings (SSSR count). The van der Waals surface area contributed by atoms with E-state index < -0.39 is 0 Å². The average Bonchev–Trinajstić information content (AvgIpc) is 2.58. The Balaban J connectivity index is 2.22. The lowest BCUT2D eigenvalue weighted by molar-refractivity contribution is 0.102. The van der Waals surface area contributed by atoms with Gasteiger partial charge in [0.05, 0.1) is 0 Å². The quantitative estimate of drug-likeness (QED) is 0.925. The van der Waals surface area contributed by atoms with E-state index in [-0.39, 0.29) is 5.91 Å². The van der Waals surface area contributed by atoms with E-state index in [9.17, 15) is 4.79 Å². The first-order chi connectivity index (χ1) is 8.09. The van der Waals surface area contributed by atoms with Crippen molar-refractivity contribution in [3.63, 3.8) is 0 Å². The zero-order chi connectivity index (χ0) is 12.4. The van der Waals surface area contributed by atoms with Crippen LogP contribution in [-0.4, -0.2) is 15.7 Å². The van der Waals surface area contributed by atoms with Gasteiger partial charge in [0.2, 0.25) is 0 Å². The Bertz CT molecular complexity index is 548. The van der Waals surface area contributed by atoms with Crippen molar-refractivity contribution in [1.82, 2.24) is 9.78 Å². The molecule has 1 heterocycles. The van der Waals surface area contributed by atoms with E-state index in [1.54, 1.807) is 16.8 Å². The molecule has 4 nitrogen and oxygen atoms in total. The number of aryl methyl sites for hydroxylation is 1. The summed E-state index contributed by atoms with van der Waals surface area (Å²) in [6.07, 6.45) is 0. The Morgan fingerprint density at radius 3 is 2.53 bits per heavy atom. The van der Waals surface area contributed by atoms with Crippen molar-refractivity contribution >= 4 is 27.7 Å². The number of nitrogens with zero attached hydrogens (tertiary/aromatic N) is 2. The summed E-state index contributed by atoms with van der Waals surface area (Å²) in [5.41, 5.74) is 1.53. The Hall–Kier alpha value is -1.62. The van der Waals surface area contributed by atoms with Crippen LogP contribution in [0.4, 0.5) is 5.82 Å². The Labute approximate surface area is 108 Å². The first-order valence-electron chi connectivity index (χ1n) is 5.15. The number of carbonyl (C=O) groups excluding carboxylic acids is 1. The van der Waals surface area contributed by atoms with Crippen molar-refractivity contribution in [3.8, 4) is 0 Å². The third kappa shape index (κ3) is 2.39. The fraction of sp³-hybridized carbons (Fsp3) is 0.167. The summed E-state index contributed by atoms with van der Waals surface area (Å²) in [7, 11) is 1.81. The van der Waals surface area contributed by atoms with E-state index in [1.807, 2.05) is 32.2 Å². The molecule has 0 saturated carbocycles. The molecule has 88 valence electrons. The summed E-state index contributed by atoms with van der Waals surface area (Å²) in [5.74, 6) is 0.424. The Kier molecular flexibility index (Phi) is 3.28. The van der Waals surface area contributed by atoms with Crippen molar-refractivity contribution < 1.29 is 4.79 Å². The van der Waals surface area contributed by atoms with E-state index in [0.717, 1.165) is 10.2 Å². The summed E-state index contributed by atoms with van der Waals surface area (Å²) in [6.45, 7) is 1.90. The third-order valence-corrected chi connectivity index (χ3v) is 3.57. The van der Waals surface area contributed by atoms with Crippen LogP contribution in [0.1, 0.15) is 15.9 Å². The van der Waals surface area contributed by atoms with E-state index >= 15 is 0 Å². The van der Waals surface area contributed by atoms with E-state index in [4.69, 9.17) is 0 Å². The molecule has 0 fully saturated rings. The highest BCUT2D eigenvalue weighted by Gasteiger charge is 2.13. The molecule has 1 aromatic heterocycles. The second-order valence-electron chi connectivity index (χ2n) is 3.71. The van der Waals surface area contributed by atoms with Crippen LogP contribution >= 0.6 is 15.9 Å². The van der Waals surface area contributed by atoms with Crippen LogP contribution in [0.15, 0.2) is 34.9 Å². The van der Waals surface area contributed by atoms with E-state index in [0.29, 0.717) is 11.4 Å². The summed E-state index contributed by atoms with van der Waals surface area (Å²) in [6, 6.07) is 9.07. The van der Waals surface area contributed by atoms with Crippen molar-refractivity contribution in [1.29, 1.82) is 0 Å². The monoisotopic (exact) mass is 293 g/mol. The molecule has 1 aromatic carbocycles. The number of hydrogen-bond acceptors (Lipinski definition) is 2. The molecule has 0 radical (unpaired) electrons. The molecule has 5 heteroatoms. The predicted octanol–water partition coefficient (Wildman–Crippen LogP) is 2.74. The van der Waals surface area contributed by atoms with Gasteiger partial charge in [0.1, 0.15) is 4.60 Å². The second kappa shape index (κ2) is 4.71. The van der Waals surface area contributed by atoms with E-state index in [1.165, 1.54) is 0 Å². The number of halogens is 1. The smallest absolute Gasteiger partial charge is 0.256 e. The molecular formula is C12H12BrN3O. The molecular weight excluding hydrogens is 282 g/mol. The van der Waals surface area contributed by atoms with Crippen molar-refractivity contribution in [2.24, 2.45) is 7.05 Å². The van der Waals surface area contributed by atoms with Gasteiger partial charge < -0.3 is 5.32 Å². The number of nitrogens with one attached hydrogen (secondary N) is 1. The van der Waals surface area contributed by atoms with Gasteiger partial charge >= 0.3 is 0 Å². The molecule has 0 aliphatic heterocycles. The molecule has 0 atom stereocenters. The zero-order valence-corrected chi connectivity index (χ0v) is 11.2. The lowest BCUT2D eigenvalue weighted by Crippen LogP contribution is -2.12. The normalized spacial score (nSPS) is 10.3. The topological polar surface area (TPSA) is 46.9 Å². The number of benzene rings is 1. The number of rotatable bonds is 2. The molecule has 0 bridgehead atoms. The van der Waals surface area contributed by atoms with Crippen LogP contribution in [0.2, 0.25) is 0 Å². The number of amides is 1. The fourth-order valence-electron chi connectivity index (χ4n) is 1.50. The van der Waals surface area contributed by atoms with Crippen LogP contribution in [0.5, 0.6) is 0 Å². The van der Waals surface area contributed by atoms with Gasteiger partial charge in [-0.05, 0) is 35.0 Å². The second-order valence-corrected chi connectivity index (χ2v) is 4.46. The van der Waals surface area contributed by atoms with Crippen LogP contribution < -0.4 is 5.32 Å². The fourth-order valence-corrected chi connectivity index (χ4v) is 1.76. The van der Waals surface area contributed by atoms with Gasteiger partial charge in [-0.15, -0.1) is 0 Å². The molecule has 1 N–H and O–H groups in total. The highest BCUT2D eigenvalue weighted by Crippen LogP contribution is 2.22. The molecule has 0 unspecified atom stereocenters. The van der Waals surface area contributed by atoms with Gasteiger partial charge in [0.25, 0.3) is 5.91 Å². The zero-order valence-electron chi connectivity index (χ0n) is 9.57. The van der Waals surface area contributed by atoms with Crippen LogP contribution in [-0.2, 0) is 7.05 Å². The summed E-state index contributed by atoms with van der Waals surface area (Å²) in [4.78, 5) is 11.9. The number of aromatic nitrogens is 2. The molecule has 0 spiro atoms. The van der Waals surface area contributed by atoms with Gasteiger partial charge in [-0.1, -0.05) is 18.2 Å². The third-order valence-electron chi connectivity index (χ3n) is 2.47. The lowest BCUT2D eigenvalue weighted by atomic mass is 10.2. The molecule has 0 aliphatic rings. The first kappa shape index (κ1) is 11.9. The molecule has 0 aliphatic carbocycles. The summed E-state index contributed by atoms with van der Waals surface area (Å²) in [5, 5.41) is 7.00. The highest BCUT2D eigenvalue weighted by molar-refractivity contribution is 9.10. The molecule has 2 aromatic rings. The Morgan fingerprint density at radius 2 is 2.00 bits per heavy atom. The highest BCUT2D eigenvalue weighted by atomic mass is 79.9. The van der Waals surface area contributed by atoms with Gasteiger partial charge in [0.15, 0.2) is 5.82 Å². The maximum Gasteiger partial charge on any atom is 0.256 e. The maximum atomic E-state index is 11.9. The summed E-state index contributed by atoms with van der Waals surface area (Å²) < 4.78 is 2.54. The van der Waals surface area contributed by atoms with Gasteiger partial charge in [-0.3, -0.25) is 9.48 Å². The minimum atomic E-state index is -0.153. The molecule has 0 saturated heterocycles. The first-order valence-corrected chi connectivity index (χ1v) is 5.94. The van der Waals surface area contributed by atoms with Crippen LogP contribution in [0.25, 0.3) is 0 Å². The summed E-state index contributed by atoms with van der Waals surface area (Å²) >= 11 is 3.40. The number of carbonyl (C=O) groups is 1. The molecule has 17 heavy (non-hydrogen) atoms. The van der Waals surface area contributed by atoms with Crippen LogP contribution in [0, 0.1) is 6.92 Å². The standard InChI is InChI=1S/C12H12BrN3O/c1-8-10(13)16(2)15-11(8)14-12(17)9-6-4-3-5-7-9/h3-7H,1-2H3,(H,14,15,17). The number of hydrogen-bond donors (Lipinski definition) is 1. The lowest BCUT2D eigenvalue weighted by Gasteiger charge is -2.02. The van der Waals surface area contributed by atoms with Gasteiger partial charge in [0, 0.05) is 18.2 Å². The molecule has 1 amide bonds. The van der Waals surface area contributed by atoms with Crippen molar-refractivity contribution in [2.45, 2.75) is 6.92 Å². The SMILES string of the molecule is Cc1c(NC(=O)c2ccccc2)nn(C)c1Br. The van der Waals surface area contributed by atoms with E-state index in [2.05, 4.69) is 26.3 Å². The van der Waals surface area contributed by atoms with Crippen LogP contribution in [0.3, 0.4) is 0 Å². The van der Waals surface area contributed by atoms with Crippen molar-refractivity contribution in [3.05, 3.63) is 46.1 Å². The van der Waals surface area contributed by atoms with Gasteiger partial charge in [-0.2, -0.15) is 5.10 Å². The largest absolute Gasteiger partial charge is 0.305 e.